The monoisotopic (exact) mass is 557 g/mol. The molecule has 1 heterocycles. The minimum Gasteiger partial charge on any atom is -0.454 e. The summed E-state index contributed by atoms with van der Waals surface area (Å²) in [6, 6.07) is 7.98. The zero-order valence-corrected chi connectivity index (χ0v) is 21.1. The van der Waals surface area contributed by atoms with Crippen LogP contribution in [0.25, 0.3) is 0 Å². The van der Waals surface area contributed by atoms with Gasteiger partial charge in [0.25, 0.3) is 5.91 Å². The first-order chi connectivity index (χ1) is 16.2. The molecule has 0 atom stereocenters. The summed E-state index contributed by atoms with van der Waals surface area (Å²) >= 11 is 30.6. The molecule has 6 nitrogen and oxygen atoms in total. The first-order valence-electron chi connectivity index (χ1n) is 10.1. The summed E-state index contributed by atoms with van der Waals surface area (Å²) in [7, 11) is 0. The number of fused-ring (bicyclic) bond motifs is 1. The van der Waals surface area contributed by atoms with E-state index in [0.717, 1.165) is 37.4 Å². The van der Waals surface area contributed by atoms with E-state index < -0.39 is 11.9 Å². The predicted octanol–water partition coefficient (Wildman–Crippen LogP) is 7.98. The molecule has 0 fully saturated rings. The molecule has 2 N–H and O–H groups in total. The number of ether oxygens (including phenoxy) is 1. The molecule has 1 aromatic heterocycles. The highest BCUT2D eigenvalue weighted by molar-refractivity contribution is 6.45. The van der Waals surface area contributed by atoms with Gasteiger partial charge in [-0.05, 0) is 55.0 Å². The second-order valence-corrected chi connectivity index (χ2v) is 9.42. The number of aromatic nitrogens is 1. The Kier molecular flexibility index (Phi) is 7.75. The lowest BCUT2D eigenvalue weighted by molar-refractivity contribution is 0.0967. The van der Waals surface area contributed by atoms with Crippen molar-refractivity contribution in [2.45, 2.75) is 25.7 Å². The van der Waals surface area contributed by atoms with Crippen molar-refractivity contribution in [1.82, 2.24) is 10.3 Å². The highest BCUT2D eigenvalue weighted by Crippen LogP contribution is 2.41. The van der Waals surface area contributed by atoms with Crippen molar-refractivity contribution in [3.8, 4) is 11.5 Å². The molecule has 11 heteroatoms. The third kappa shape index (κ3) is 5.37. The van der Waals surface area contributed by atoms with Crippen molar-refractivity contribution in [2.75, 3.05) is 5.32 Å². The summed E-state index contributed by atoms with van der Waals surface area (Å²) in [5.41, 5.74) is 2.47. The molecule has 1 aliphatic rings. The molecule has 1 aliphatic carbocycles. The Morgan fingerprint density at radius 1 is 0.941 bits per heavy atom. The summed E-state index contributed by atoms with van der Waals surface area (Å²) in [6.45, 7) is 0. The Labute approximate surface area is 220 Å². The first kappa shape index (κ1) is 24.9. The van der Waals surface area contributed by atoms with Crippen LogP contribution in [0.15, 0.2) is 36.5 Å². The lowest BCUT2D eigenvalue weighted by Crippen LogP contribution is -2.34. The van der Waals surface area contributed by atoms with Gasteiger partial charge in [0, 0.05) is 11.9 Å². The predicted molar refractivity (Wildman–Crippen MR) is 135 cm³/mol. The van der Waals surface area contributed by atoms with E-state index in [1.165, 1.54) is 17.7 Å². The van der Waals surface area contributed by atoms with Gasteiger partial charge in [-0.3, -0.25) is 10.1 Å². The standard InChI is InChI=1S/C23H16Cl5N3O3/c24-14-8-12(30-23(33)31-22(32)18-16(26)10-29-21(28)19(18)27)9-15(25)20(14)34-17-7-3-5-11-4-1-2-6-13(11)17/h3,5,7-10H,1-2,4,6H2,(H2,30,31,32,33). The van der Waals surface area contributed by atoms with Crippen LogP contribution in [0.4, 0.5) is 10.5 Å². The van der Waals surface area contributed by atoms with Gasteiger partial charge in [0.15, 0.2) is 5.75 Å². The van der Waals surface area contributed by atoms with Crippen LogP contribution in [0.3, 0.4) is 0 Å². The molecule has 3 amide bonds. The fourth-order valence-corrected chi connectivity index (χ4v) is 4.88. The van der Waals surface area contributed by atoms with Crippen LogP contribution >= 0.6 is 58.0 Å². The van der Waals surface area contributed by atoms with Gasteiger partial charge in [-0.1, -0.05) is 70.1 Å². The second-order valence-electron chi connectivity index (χ2n) is 7.47. The molecular formula is C23H16Cl5N3O3. The van der Waals surface area contributed by atoms with E-state index in [1.807, 2.05) is 12.1 Å². The topological polar surface area (TPSA) is 80.3 Å². The SMILES string of the molecule is O=C(NC(=O)c1c(Cl)cnc(Cl)c1Cl)Nc1cc(Cl)c(Oc2cccc3c2CCCC3)c(Cl)c1. The number of amides is 3. The Morgan fingerprint density at radius 2 is 1.65 bits per heavy atom. The number of carbonyl (C=O) groups excluding carboxylic acids is 2. The lowest BCUT2D eigenvalue weighted by Gasteiger charge is -2.20. The third-order valence-corrected chi connectivity index (χ3v) is 6.81. The molecule has 176 valence electrons. The van der Waals surface area contributed by atoms with E-state index in [9.17, 15) is 9.59 Å². The van der Waals surface area contributed by atoms with E-state index >= 15 is 0 Å². The minimum atomic E-state index is -0.859. The zero-order valence-electron chi connectivity index (χ0n) is 17.4. The zero-order chi connectivity index (χ0) is 24.4. The number of nitrogens with one attached hydrogen (secondary N) is 2. The molecule has 0 aliphatic heterocycles. The molecular weight excluding hydrogens is 544 g/mol. The number of benzene rings is 2. The molecule has 0 bridgehead atoms. The fourth-order valence-electron chi connectivity index (χ4n) is 3.66. The van der Waals surface area contributed by atoms with Crippen molar-refractivity contribution in [2.24, 2.45) is 0 Å². The maximum Gasteiger partial charge on any atom is 0.326 e. The number of urea groups is 1. The van der Waals surface area contributed by atoms with Crippen molar-refractivity contribution in [1.29, 1.82) is 0 Å². The number of imide groups is 1. The van der Waals surface area contributed by atoms with Crippen LogP contribution < -0.4 is 15.4 Å². The second kappa shape index (κ2) is 10.6. The van der Waals surface area contributed by atoms with Gasteiger partial charge in [-0.25, -0.2) is 9.78 Å². The van der Waals surface area contributed by atoms with E-state index in [2.05, 4.69) is 21.7 Å². The molecule has 3 aromatic rings. The first-order valence-corrected chi connectivity index (χ1v) is 12.0. The van der Waals surface area contributed by atoms with Crippen LogP contribution in [0.1, 0.15) is 34.3 Å². The molecule has 0 saturated heterocycles. The molecule has 0 unspecified atom stereocenters. The number of aryl methyl sites for hydroxylation is 1. The molecule has 2 aromatic carbocycles. The number of anilines is 1. The van der Waals surface area contributed by atoms with Crippen LogP contribution in [0, 0.1) is 0 Å². The van der Waals surface area contributed by atoms with Gasteiger partial charge in [0.1, 0.15) is 10.9 Å². The number of pyridine rings is 1. The van der Waals surface area contributed by atoms with E-state index in [1.54, 1.807) is 0 Å². The maximum atomic E-state index is 12.4. The maximum absolute atomic E-state index is 12.4. The number of nitrogens with zero attached hydrogens (tertiary/aromatic N) is 1. The van der Waals surface area contributed by atoms with Crippen LogP contribution in [0.5, 0.6) is 11.5 Å². The van der Waals surface area contributed by atoms with E-state index in [-0.39, 0.29) is 42.2 Å². The Balaban J connectivity index is 1.49. The van der Waals surface area contributed by atoms with Crippen molar-refractivity contribution in [3.63, 3.8) is 0 Å². The van der Waals surface area contributed by atoms with Gasteiger partial charge in [0.2, 0.25) is 0 Å². The van der Waals surface area contributed by atoms with E-state index in [0.29, 0.717) is 5.75 Å². The average Bonchev–Trinajstić information content (AvgIpc) is 2.79. The molecule has 0 radical (unpaired) electrons. The van der Waals surface area contributed by atoms with Gasteiger partial charge in [-0.15, -0.1) is 0 Å². The Hall–Kier alpha value is -2.22. The highest BCUT2D eigenvalue weighted by atomic mass is 35.5. The van der Waals surface area contributed by atoms with Gasteiger partial charge in [-0.2, -0.15) is 0 Å². The Morgan fingerprint density at radius 3 is 2.38 bits per heavy atom. The van der Waals surface area contributed by atoms with Gasteiger partial charge in [0.05, 0.1) is 25.7 Å². The quantitative estimate of drug-likeness (QED) is 0.318. The average molecular weight is 560 g/mol. The summed E-state index contributed by atoms with van der Waals surface area (Å²) in [4.78, 5) is 28.5. The minimum absolute atomic E-state index is 0.0598. The van der Waals surface area contributed by atoms with Gasteiger partial charge >= 0.3 is 6.03 Å². The molecule has 34 heavy (non-hydrogen) atoms. The smallest absolute Gasteiger partial charge is 0.326 e. The number of rotatable bonds is 4. The number of hydrogen-bond acceptors (Lipinski definition) is 4. The number of carbonyl (C=O) groups is 2. The van der Waals surface area contributed by atoms with Gasteiger partial charge < -0.3 is 10.1 Å². The van der Waals surface area contributed by atoms with Crippen LogP contribution in [0.2, 0.25) is 25.2 Å². The van der Waals surface area contributed by atoms with E-state index in [4.69, 9.17) is 62.7 Å². The Bertz CT molecular complexity index is 1280. The van der Waals surface area contributed by atoms with Crippen molar-refractivity contribution < 1.29 is 14.3 Å². The van der Waals surface area contributed by atoms with Crippen LogP contribution in [-0.2, 0) is 12.8 Å². The van der Waals surface area contributed by atoms with Crippen molar-refractivity contribution >= 4 is 75.6 Å². The summed E-state index contributed by atoms with van der Waals surface area (Å²) in [6.07, 6.45) is 5.33. The normalized spacial score (nSPS) is 12.6. The molecule has 0 saturated carbocycles. The fraction of sp³-hybridized carbons (Fsp3) is 0.174. The third-order valence-electron chi connectivity index (χ3n) is 5.21. The molecule has 4 rings (SSSR count). The van der Waals surface area contributed by atoms with Crippen molar-refractivity contribution in [3.05, 3.63) is 78.5 Å². The largest absolute Gasteiger partial charge is 0.454 e. The number of halogens is 5. The summed E-state index contributed by atoms with van der Waals surface area (Å²) < 4.78 is 6.06. The molecule has 0 spiro atoms. The lowest BCUT2D eigenvalue weighted by atomic mass is 9.91. The summed E-state index contributed by atoms with van der Waals surface area (Å²) in [5, 5.41) is 4.64. The summed E-state index contributed by atoms with van der Waals surface area (Å²) in [5.74, 6) is 0.118. The highest BCUT2D eigenvalue weighted by Gasteiger charge is 2.21. The number of hydrogen-bond donors (Lipinski definition) is 2. The van der Waals surface area contributed by atoms with Crippen LogP contribution in [-0.4, -0.2) is 16.9 Å².